The molecule has 1 saturated heterocycles. The number of hydrogen-bond acceptors (Lipinski definition) is 4. The largest absolute Gasteiger partial charge is 0.353 e. The van der Waals surface area contributed by atoms with E-state index in [4.69, 9.17) is 0 Å². The highest BCUT2D eigenvalue weighted by molar-refractivity contribution is 9.10. The van der Waals surface area contributed by atoms with Gasteiger partial charge < -0.3 is 16.0 Å². The summed E-state index contributed by atoms with van der Waals surface area (Å²) < 4.78 is 0.738. The van der Waals surface area contributed by atoms with Crippen LogP contribution in [0.5, 0.6) is 0 Å². The summed E-state index contributed by atoms with van der Waals surface area (Å²) in [5.74, 6) is 0.432. The van der Waals surface area contributed by atoms with Gasteiger partial charge in [0.2, 0.25) is 11.8 Å². The second kappa shape index (κ2) is 7.10. The van der Waals surface area contributed by atoms with E-state index >= 15 is 0 Å². The molecule has 1 aliphatic heterocycles. The molecule has 5 rings (SSSR count). The molecule has 4 unspecified atom stereocenters. The number of nitrogens with zero attached hydrogens (tertiary/aromatic N) is 1. The molecule has 0 radical (unpaired) electrons. The molecule has 3 N–H and O–H groups in total. The standard InChI is InChI=1S/C21H27BrN4O2/c22-16-4-1-13(11-24-16)26-20(28)18-15-3-2-14(21(15)7-8-21)17(18)19(27)25-12-5-9-23-10-6-12/h1,4,11-12,14-15,17-18,23H,2-3,5-10H2,(H,25,27)(H,26,28). The van der Waals surface area contributed by atoms with E-state index in [9.17, 15) is 9.59 Å². The van der Waals surface area contributed by atoms with Gasteiger partial charge in [0.05, 0.1) is 23.7 Å². The summed E-state index contributed by atoms with van der Waals surface area (Å²) in [6, 6.07) is 3.90. The van der Waals surface area contributed by atoms with Crippen LogP contribution in [0.1, 0.15) is 38.5 Å². The van der Waals surface area contributed by atoms with E-state index in [1.807, 2.05) is 12.1 Å². The Morgan fingerprint density at radius 2 is 1.71 bits per heavy atom. The van der Waals surface area contributed by atoms with Crippen molar-refractivity contribution in [3.8, 4) is 0 Å². The number of pyridine rings is 1. The number of nitrogens with one attached hydrogen (secondary N) is 3. The van der Waals surface area contributed by atoms with Crippen molar-refractivity contribution >= 4 is 33.4 Å². The quantitative estimate of drug-likeness (QED) is 0.620. The van der Waals surface area contributed by atoms with Crippen LogP contribution in [0.25, 0.3) is 0 Å². The van der Waals surface area contributed by atoms with Gasteiger partial charge in [-0.05, 0) is 96.9 Å². The Morgan fingerprint density at radius 1 is 1.04 bits per heavy atom. The molecule has 6 nitrogen and oxygen atoms in total. The highest BCUT2D eigenvalue weighted by atomic mass is 79.9. The molecule has 1 aromatic heterocycles. The fraction of sp³-hybridized carbons (Fsp3) is 0.667. The third kappa shape index (κ3) is 3.07. The van der Waals surface area contributed by atoms with Crippen LogP contribution in [0.3, 0.4) is 0 Å². The average molecular weight is 447 g/mol. The number of piperidine rings is 1. The molecule has 7 heteroatoms. The topological polar surface area (TPSA) is 83.1 Å². The van der Waals surface area contributed by atoms with Crippen LogP contribution >= 0.6 is 15.9 Å². The first kappa shape index (κ1) is 18.6. The van der Waals surface area contributed by atoms with Gasteiger partial charge in [0.15, 0.2) is 0 Å². The van der Waals surface area contributed by atoms with Crippen molar-refractivity contribution < 1.29 is 9.59 Å². The molecule has 2 heterocycles. The number of carbonyl (C=O) groups excluding carboxylic acids is 2. The van der Waals surface area contributed by atoms with E-state index in [0.717, 1.165) is 43.4 Å². The zero-order chi connectivity index (χ0) is 19.3. The highest BCUT2D eigenvalue weighted by Crippen LogP contribution is 2.74. The lowest BCUT2D eigenvalue weighted by Gasteiger charge is -2.31. The minimum atomic E-state index is -0.216. The fourth-order valence-corrected chi connectivity index (χ4v) is 6.53. The van der Waals surface area contributed by atoms with Gasteiger partial charge in [-0.2, -0.15) is 0 Å². The van der Waals surface area contributed by atoms with Crippen molar-refractivity contribution in [2.24, 2.45) is 29.1 Å². The summed E-state index contributed by atoms with van der Waals surface area (Å²) >= 11 is 3.32. The SMILES string of the molecule is O=C(Nc1ccc(Br)nc1)C1C(C(=O)NC2CCNCC2)C2CCC1C21CC1. The van der Waals surface area contributed by atoms with E-state index in [0.29, 0.717) is 17.5 Å². The lowest BCUT2D eigenvalue weighted by atomic mass is 9.78. The molecule has 150 valence electrons. The lowest BCUT2D eigenvalue weighted by molar-refractivity contribution is -0.135. The van der Waals surface area contributed by atoms with Gasteiger partial charge >= 0.3 is 0 Å². The monoisotopic (exact) mass is 446 g/mol. The van der Waals surface area contributed by atoms with Crippen LogP contribution in [-0.4, -0.2) is 35.9 Å². The van der Waals surface area contributed by atoms with Crippen LogP contribution in [0.2, 0.25) is 0 Å². The van der Waals surface area contributed by atoms with Gasteiger partial charge in [-0.1, -0.05) is 0 Å². The Bertz CT molecular complexity index is 773. The normalized spacial score (nSPS) is 33.0. The Hall–Kier alpha value is -1.47. The molecule has 2 bridgehead atoms. The van der Waals surface area contributed by atoms with E-state index < -0.39 is 0 Å². The number of hydrogen-bond donors (Lipinski definition) is 3. The maximum Gasteiger partial charge on any atom is 0.228 e. The smallest absolute Gasteiger partial charge is 0.228 e. The van der Waals surface area contributed by atoms with Crippen molar-refractivity contribution in [1.82, 2.24) is 15.6 Å². The number of carbonyl (C=O) groups is 2. The van der Waals surface area contributed by atoms with Crippen molar-refractivity contribution in [2.75, 3.05) is 18.4 Å². The summed E-state index contributed by atoms with van der Waals surface area (Å²) in [5, 5.41) is 9.67. The molecule has 3 saturated carbocycles. The number of halogens is 1. The summed E-state index contributed by atoms with van der Waals surface area (Å²) in [4.78, 5) is 30.8. The maximum atomic E-state index is 13.3. The Balaban J connectivity index is 1.35. The zero-order valence-electron chi connectivity index (χ0n) is 15.9. The fourth-order valence-electron chi connectivity index (χ4n) is 6.30. The molecule has 4 atom stereocenters. The van der Waals surface area contributed by atoms with Crippen LogP contribution in [0.4, 0.5) is 5.69 Å². The first-order chi connectivity index (χ1) is 13.6. The first-order valence-electron chi connectivity index (χ1n) is 10.5. The van der Waals surface area contributed by atoms with Crippen molar-refractivity contribution in [3.05, 3.63) is 22.9 Å². The van der Waals surface area contributed by atoms with E-state index in [1.165, 1.54) is 12.8 Å². The number of rotatable bonds is 4. The molecule has 2 amide bonds. The second-order valence-corrected chi connectivity index (χ2v) is 9.78. The molecule has 1 aromatic rings. The number of aromatic nitrogens is 1. The van der Waals surface area contributed by atoms with Gasteiger partial charge in [0, 0.05) is 6.04 Å². The first-order valence-corrected chi connectivity index (χ1v) is 11.3. The second-order valence-electron chi connectivity index (χ2n) is 8.97. The third-order valence-electron chi connectivity index (χ3n) is 7.63. The number of amides is 2. The Labute approximate surface area is 173 Å². The van der Waals surface area contributed by atoms with Crippen molar-refractivity contribution in [3.63, 3.8) is 0 Å². The lowest BCUT2D eigenvalue weighted by Crippen LogP contribution is -2.49. The minimum absolute atomic E-state index is 0.00643. The van der Waals surface area contributed by atoms with Crippen LogP contribution in [0, 0.1) is 29.1 Å². The van der Waals surface area contributed by atoms with Gasteiger partial charge in [0.1, 0.15) is 4.60 Å². The summed E-state index contributed by atoms with van der Waals surface area (Å²) in [5.41, 5.74) is 0.953. The molecular weight excluding hydrogens is 420 g/mol. The maximum absolute atomic E-state index is 13.3. The molecular formula is C21H27BrN4O2. The third-order valence-corrected chi connectivity index (χ3v) is 8.10. The Kier molecular flexibility index (Phi) is 4.70. The van der Waals surface area contributed by atoms with Crippen molar-refractivity contribution in [1.29, 1.82) is 0 Å². The van der Waals surface area contributed by atoms with Crippen LogP contribution < -0.4 is 16.0 Å². The highest BCUT2D eigenvalue weighted by Gasteiger charge is 2.71. The molecule has 4 aliphatic rings. The summed E-state index contributed by atoms with van der Waals surface area (Å²) in [6.45, 7) is 1.90. The minimum Gasteiger partial charge on any atom is -0.353 e. The Morgan fingerprint density at radius 3 is 2.32 bits per heavy atom. The van der Waals surface area contributed by atoms with Gasteiger partial charge in [-0.3, -0.25) is 9.59 Å². The van der Waals surface area contributed by atoms with E-state index in [2.05, 4.69) is 36.9 Å². The predicted octanol–water partition coefficient (Wildman–Crippen LogP) is 2.70. The average Bonchev–Trinajstić information content (AvgIpc) is 3.37. The molecule has 0 aromatic carbocycles. The molecule has 4 fully saturated rings. The summed E-state index contributed by atoms with van der Waals surface area (Å²) in [7, 11) is 0. The van der Waals surface area contributed by atoms with Crippen LogP contribution in [-0.2, 0) is 9.59 Å². The zero-order valence-corrected chi connectivity index (χ0v) is 17.5. The van der Waals surface area contributed by atoms with E-state index in [-0.39, 0.29) is 35.1 Å². The molecule has 28 heavy (non-hydrogen) atoms. The van der Waals surface area contributed by atoms with Gasteiger partial charge in [-0.15, -0.1) is 0 Å². The van der Waals surface area contributed by atoms with Gasteiger partial charge in [-0.25, -0.2) is 4.98 Å². The van der Waals surface area contributed by atoms with Crippen LogP contribution in [0.15, 0.2) is 22.9 Å². The van der Waals surface area contributed by atoms with Gasteiger partial charge in [0.25, 0.3) is 0 Å². The number of anilines is 1. The van der Waals surface area contributed by atoms with E-state index in [1.54, 1.807) is 6.20 Å². The van der Waals surface area contributed by atoms with Crippen molar-refractivity contribution in [2.45, 2.75) is 44.6 Å². The summed E-state index contributed by atoms with van der Waals surface area (Å²) in [6.07, 6.45) is 8.15. The predicted molar refractivity (Wildman–Crippen MR) is 109 cm³/mol. The molecule has 1 spiro atoms. The molecule has 3 aliphatic carbocycles.